The zero-order valence-corrected chi connectivity index (χ0v) is 12.9. The lowest BCUT2D eigenvalue weighted by Crippen LogP contribution is -2.35. The predicted molar refractivity (Wildman–Crippen MR) is 83.5 cm³/mol. The fraction of sp³-hybridized carbons (Fsp3) is 0.583. The molecule has 0 spiro atoms. The van der Waals surface area contributed by atoms with E-state index in [-0.39, 0.29) is 0 Å². The molecule has 0 aromatic carbocycles. The van der Waals surface area contributed by atoms with E-state index >= 15 is 0 Å². The molecular formula is C12H20N4S2. The molecule has 0 fully saturated rings. The summed E-state index contributed by atoms with van der Waals surface area (Å²) in [4.78, 5) is 11.3. The Labute approximate surface area is 118 Å². The summed E-state index contributed by atoms with van der Waals surface area (Å²) in [5, 5.41) is 0. The molecule has 1 rings (SSSR count). The molecule has 1 heterocycles. The van der Waals surface area contributed by atoms with Gasteiger partial charge in [0.2, 0.25) is 5.95 Å². The number of aryl methyl sites for hydroxylation is 1. The second-order valence-electron chi connectivity index (χ2n) is 4.19. The first kappa shape index (κ1) is 15.2. The zero-order valence-electron chi connectivity index (χ0n) is 11.3. The van der Waals surface area contributed by atoms with Gasteiger partial charge in [-0.2, -0.15) is 11.8 Å². The van der Waals surface area contributed by atoms with Crippen molar-refractivity contribution in [2.45, 2.75) is 26.3 Å². The van der Waals surface area contributed by atoms with E-state index in [0.29, 0.717) is 22.7 Å². The highest BCUT2D eigenvalue weighted by molar-refractivity contribution is 7.98. The van der Waals surface area contributed by atoms with Gasteiger partial charge in [-0.05, 0) is 25.7 Å². The second kappa shape index (κ2) is 6.89. The summed E-state index contributed by atoms with van der Waals surface area (Å²) in [7, 11) is 2.02. The van der Waals surface area contributed by atoms with E-state index in [0.717, 1.165) is 17.9 Å². The van der Waals surface area contributed by atoms with Crippen molar-refractivity contribution in [2.75, 3.05) is 24.0 Å². The van der Waals surface area contributed by atoms with E-state index < -0.39 is 0 Å². The largest absolute Gasteiger partial charge is 0.388 e. The molecule has 2 N–H and O–H groups in total. The molecule has 1 aromatic heterocycles. The summed E-state index contributed by atoms with van der Waals surface area (Å²) in [6.45, 7) is 4.10. The van der Waals surface area contributed by atoms with Crippen LogP contribution in [0.2, 0.25) is 0 Å². The molecular weight excluding hydrogens is 264 g/mol. The Balaban J connectivity index is 3.04. The van der Waals surface area contributed by atoms with E-state index in [1.54, 1.807) is 0 Å². The van der Waals surface area contributed by atoms with E-state index in [2.05, 4.69) is 28.0 Å². The van der Waals surface area contributed by atoms with Crippen molar-refractivity contribution >= 4 is 34.9 Å². The van der Waals surface area contributed by atoms with Crippen LogP contribution in [0.4, 0.5) is 5.95 Å². The number of hydrogen-bond acceptors (Lipinski definition) is 5. The summed E-state index contributed by atoms with van der Waals surface area (Å²) in [6, 6.07) is 2.23. The molecule has 0 amide bonds. The summed E-state index contributed by atoms with van der Waals surface area (Å²) in [5.74, 6) is 1.74. The van der Waals surface area contributed by atoms with Gasteiger partial charge in [0, 0.05) is 24.5 Å². The molecule has 0 saturated carbocycles. The standard InChI is InChI=1S/C12H20N4S2/c1-5-9(7-18-4)16(3)12-14-8(2)6-10(15-12)11(13)17/h6,9H,5,7H2,1-4H3,(H2,13,17). The van der Waals surface area contributed by atoms with E-state index in [1.165, 1.54) is 0 Å². The Morgan fingerprint density at radius 2 is 2.22 bits per heavy atom. The molecule has 6 heteroatoms. The third-order valence-corrected chi connectivity index (χ3v) is 3.72. The van der Waals surface area contributed by atoms with Gasteiger partial charge in [0.15, 0.2) is 0 Å². The first-order chi connectivity index (χ1) is 8.49. The Hall–Kier alpha value is -0.880. The second-order valence-corrected chi connectivity index (χ2v) is 5.54. The minimum atomic E-state index is 0.313. The number of thiocarbonyl (C=S) groups is 1. The van der Waals surface area contributed by atoms with Crippen molar-refractivity contribution in [3.63, 3.8) is 0 Å². The fourth-order valence-electron chi connectivity index (χ4n) is 1.70. The Morgan fingerprint density at radius 1 is 1.56 bits per heavy atom. The topological polar surface area (TPSA) is 55.0 Å². The third kappa shape index (κ3) is 3.81. The van der Waals surface area contributed by atoms with Gasteiger partial charge in [-0.25, -0.2) is 9.97 Å². The molecule has 1 unspecified atom stereocenters. The summed E-state index contributed by atoms with van der Waals surface area (Å²) in [6.07, 6.45) is 3.16. The van der Waals surface area contributed by atoms with Crippen LogP contribution in [0.25, 0.3) is 0 Å². The van der Waals surface area contributed by atoms with Gasteiger partial charge in [-0.1, -0.05) is 19.1 Å². The van der Waals surface area contributed by atoms with Crippen LogP contribution in [0.5, 0.6) is 0 Å². The number of thioether (sulfide) groups is 1. The lowest BCUT2D eigenvalue weighted by molar-refractivity contribution is 0.656. The van der Waals surface area contributed by atoms with E-state index in [4.69, 9.17) is 18.0 Å². The van der Waals surface area contributed by atoms with Crippen LogP contribution >= 0.6 is 24.0 Å². The van der Waals surface area contributed by atoms with Crippen molar-refractivity contribution in [1.29, 1.82) is 0 Å². The summed E-state index contributed by atoms with van der Waals surface area (Å²) in [5.41, 5.74) is 7.16. The first-order valence-electron chi connectivity index (χ1n) is 5.86. The summed E-state index contributed by atoms with van der Waals surface area (Å²) < 4.78 is 0. The zero-order chi connectivity index (χ0) is 13.7. The highest BCUT2D eigenvalue weighted by atomic mass is 32.2. The summed E-state index contributed by atoms with van der Waals surface area (Å²) >= 11 is 6.80. The molecule has 1 aromatic rings. The van der Waals surface area contributed by atoms with Crippen LogP contribution in [0.15, 0.2) is 6.07 Å². The third-order valence-electron chi connectivity index (χ3n) is 2.79. The van der Waals surface area contributed by atoms with Gasteiger partial charge in [0.05, 0.1) is 0 Å². The van der Waals surface area contributed by atoms with Crippen molar-refractivity contribution in [1.82, 2.24) is 9.97 Å². The number of rotatable bonds is 6. The van der Waals surface area contributed by atoms with Gasteiger partial charge in [-0.3, -0.25) is 0 Å². The van der Waals surface area contributed by atoms with Gasteiger partial charge in [-0.15, -0.1) is 0 Å². The minimum Gasteiger partial charge on any atom is -0.388 e. The molecule has 0 aliphatic carbocycles. The van der Waals surface area contributed by atoms with Gasteiger partial charge in [0.25, 0.3) is 0 Å². The van der Waals surface area contributed by atoms with Crippen LogP contribution in [-0.4, -0.2) is 40.1 Å². The number of aromatic nitrogens is 2. The van der Waals surface area contributed by atoms with Crippen LogP contribution in [0.1, 0.15) is 24.7 Å². The monoisotopic (exact) mass is 284 g/mol. The minimum absolute atomic E-state index is 0.313. The highest BCUT2D eigenvalue weighted by Gasteiger charge is 2.16. The van der Waals surface area contributed by atoms with Crippen molar-refractivity contribution in [3.8, 4) is 0 Å². The van der Waals surface area contributed by atoms with Crippen LogP contribution in [0, 0.1) is 6.92 Å². The molecule has 0 aliphatic rings. The number of nitrogens with two attached hydrogens (primary N) is 1. The average molecular weight is 284 g/mol. The fourth-order valence-corrected chi connectivity index (χ4v) is 2.64. The lowest BCUT2D eigenvalue weighted by Gasteiger charge is -2.27. The molecule has 1 atom stereocenters. The Bertz CT molecular complexity index is 423. The van der Waals surface area contributed by atoms with Crippen molar-refractivity contribution < 1.29 is 0 Å². The maximum atomic E-state index is 5.64. The number of anilines is 1. The Kier molecular flexibility index (Phi) is 5.81. The SMILES string of the molecule is CCC(CSC)N(C)c1nc(C)cc(C(N)=S)n1. The molecule has 18 heavy (non-hydrogen) atoms. The van der Waals surface area contributed by atoms with Crippen LogP contribution in [0.3, 0.4) is 0 Å². The normalized spacial score (nSPS) is 12.2. The Morgan fingerprint density at radius 3 is 2.72 bits per heavy atom. The maximum absolute atomic E-state index is 5.64. The quantitative estimate of drug-likeness (QED) is 0.806. The van der Waals surface area contributed by atoms with Crippen molar-refractivity contribution in [2.24, 2.45) is 5.73 Å². The lowest BCUT2D eigenvalue weighted by atomic mass is 10.2. The van der Waals surface area contributed by atoms with Gasteiger partial charge in [0.1, 0.15) is 10.7 Å². The average Bonchev–Trinajstić information content (AvgIpc) is 2.34. The molecule has 100 valence electrons. The van der Waals surface area contributed by atoms with Gasteiger partial charge >= 0.3 is 0 Å². The highest BCUT2D eigenvalue weighted by Crippen LogP contribution is 2.16. The molecule has 0 bridgehead atoms. The smallest absolute Gasteiger partial charge is 0.226 e. The molecule has 0 aliphatic heterocycles. The van der Waals surface area contributed by atoms with Crippen molar-refractivity contribution in [3.05, 3.63) is 17.5 Å². The van der Waals surface area contributed by atoms with E-state index in [9.17, 15) is 0 Å². The molecule has 4 nitrogen and oxygen atoms in total. The van der Waals surface area contributed by atoms with E-state index in [1.807, 2.05) is 31.8 Å². The van der Waals surface area contributed by atoms with Crippen LogP contribution < -0.4 is 10.6 Å². The molecule has 0 saturated heterocycles. The number of nitrogens with zero attached hydrogens (tertiary/aromatic N) is 3. The van der Waals surface area contributed by atoms with Gasteiger partial charge < -0.3 is 10.6 Å². The predicted octanol–water partition coefficient (Wildman–Crippen LogP) is 2.00. The van der Waals surface area contributed by atoms with Crippen LogP contribution in [-0.2, 0) is 0 Å². The number of hydrogen-bond donors (Lipinski definition) is 1. The molecule has 0 radical (unpaired) electrons. The maximum Gasteiger partial charge on any atom is 0.226 e. The first-order valence-corrected chi connectivity index (χ1v) is 7.67.